The van der Waals surface area contributed by atoms with E-state index >= 15 is 0 Å². The first-order valence-corrected chi connectivity index (χ1v) is 10.3. The van der Waals surface area contributed by atoms with Crippen LogP contribution in [0.4, 0.5) is 0 Å². The molecule has 2 aromatic heterocycles. The molecule has 0 saturated carbocycles. The van der Waals surface area contributed by atoms with Gasteiger partial charge in [-0.1, -0.05) is 48.0 Å². The Morgan fingerprint density at radius 3 is 2.52 bits per heavy atom. The van der Waals surface area contributed by atoms with Gasteiger partial charge in [-0.05, 0) is 49.3 Å². The highest BCUT2D eigenvalue weighted by Gasteiger charge is 2.16. The number of nitrogens with one attached hydrogen (secondary N) is 1. The largest absolute Gasteiger partial charge is 0.306 e. The maximum Gasteiger partial charge on any atom is 0.260 e. The van der Waals surface area contributed by atoms with E-state index in [0.717, 1.165) is 27.9 Å². The van der Waals surface area contributed by atoms with Crippen LogP contribution in [0.1, 0.15) is 29.5 Å². The van der Waals surface area contributed by atoms with Gasteiger partial charge in [0.15, 0.2) is 0 Å². The van der Waals surface area contributed by atoms with Crippen LogP contribution in [-0.4, -0.2) is 9.97 Å². The number of rotatable bonds is 2. The lowest BCUT2D eigenvalue weighted by Gasteiger charge is -2.16. The van der Waals surface area contributed by atoms with Crippen LogP contribution >= 0.6 is 11.3 Å². The Kier molecular flexibility index (Phi) is 3.94. The second kappa shape index (κ2) is 6.46. The highest BCUT2D eigenvalue weighted by Crippen LogP contribution is 2.34. The molecule has 0 bridgehead atoms. The highest BCUT2D eigenvalue weighted by atomic mass is 32.1. The van der Waals surface area contributed by atoms with E-state index in [0.29, 0.717) is 11.2 Å². The van der Waals surface area contributed by atoms with Crippen molar-refractivity contribution in [2.45, 2.75) is 32.6 Å². The van der Waals surface area contributed by atoms with Crippen LogP contribution < -0.4 is 5.56 Å². The second-order valence-electron chi connectivity index (χ2n) is 7.30. The molecular weight excluding hydrogens is 352 g/mol. The third-order valence-corrected chi connectivity index (χ3v) is 6.30. The minimum absolute atomic E-state index is 0.0652. The summed E-state index contributed by atoms with van der Waals surface area (Å²) in [6, 6.07) is 14.7. The van der Waals surface area contributed by atoms with Crippen molar-refractivity contribution in [3.63, 3.8) is 0 Å². The van der Waals surface area contributed by atoms with Gasteiger partial charge in [-0.3, -0.25) is 4.79 Å². The molecule has 1 N–H and O–H groups in total. The number of thiophene rings is 1. The Bertz CT molecular complexity index is 1200. The monoisotopic (exact) mass is 372 g/mol. The van der Waals surface area contributed by atoms with Gasteiger partial charge in [-0.15, -0.1) is 11.3 Å². The first-order chi connectivity index (χ1) is 13.2. The lowest BCUT2D eigenvalue weighted by atomic mass is 9.89. The van der Waals surface area contributed by atoms with Crippen molar-refractivity contribution in [2.24, 2.45) is 0 Å². The van der Waals surface area contributed by atoms with E-state index in [1.54, 1.807) is 11.3 Å². The number of nitrogens with zero attached hydrogens (tertiary/aromatic N) is 1. The van der Waals surface area contributed by atoms with Gasteiger partial charge >= 0.3 is 0 Å². The Hall–Kier alpha value is -2.72. The topological polar surface area (TPSA) is 45.8 Å². The van der Waals surface area contributed by atoms with Crippen LogP contribution in [0.15, 0.2) is 52.6 Å². The average molecular weight is 372 g/mol. The molecule has 3 nitrogen and oxygen atoms in total. The molecule has 134 valence electrons. The van der Waals surface area contributed by atoms with Gasteiger partial charge in [0.25, 0.3) is 5.56 Å². The summed E-state index contributed by atoms with van der Waals surface area (Å²) >= 11 is 1.54. The summed E-state index contributed by atoms with van der Waals surface area (Å²) in [5, 5.41) is 2.77. The number of aromatic nitrogens is 2. The van der Waals surface area contributed by atoms with Crippen molar-refractivity contribution >= 4 is 21.6 Å². The summed E-state index contributed by atoms with van der Waals surface area (Å²) < 4.78 is 0. The number of hydrogen-bond donors (Lipinski definition) is 1. The van der Waals surface area contributed by atoms with Crippen LogP contribution in [-0.2, 0) is 12.8 Å². The SMILES string of the molecule is Cc1ccc(-c2nc3scc(-c4ccc5c(c4)CCCC5)c3c(=O)[nH]2)cc1. The molecule has 27 heavy (non-hydrogen) atoms. The fraction of sp³-hybridized carbons (Fsp3) is 0.217. The van der Waals surface area contributed by atoms with Crippen molar-refractivity contribution < 1.29 is 0 Å². The van der Waals surface area contributed by atoms with Gasteiger partial charge in [-0.25, -0.2) is 4.98 Å². The smallest absolute Gasteiger partial charge is 0.260 e. The maximum absolute atomic E-state index is 12.9. The molecule has 2 aromatic carbocycles. The summed E-state index contributed by atoms with van der Waals surface area (Å²) in [5.41, 5.74) is 7.06. The molecule has 5 rings (SSSR count). The Labute approximate surface area is 161 Å². The predicted octanol–water partition coefficient (Wildman–Crippen LogP) is 5.51. The van der Waals surface area contributed by atoms with Gasteiger partial charge in [0.2, 0.25) is 0 Å². The number of benzene rings is 2. The summed E-state index contributed by atoms with van der Waals surface area (Å²) in [4.78, 5) is 21.4. The number of H-pyrrole nitrogens is 1. The van der Waals surface area contributed by atoms with Gasteiger partial charge in [0, 0.05) is 16.5 Å². The number of hydrogen-bond acceptors (Lipinski definition) is 3. The zero-order valence-electron chi connectivity index (χ0n) is 15.2. The molecule has 0 atom stereocenters. The summed E-state index contributed by atoms with van der Waals surface area (Å²) in [7, 11) is 0. The van der Waals surface area contributed by atoms with Crippen molar-refractivity contribution in [1.82, 2.24) is 9.97 Å². The standard InChI is InChI=1S/C23H20N2OS/c1-14-6-8-16(9-7-14)21-24-22(26)20-19(13-27-23(20)25-21)18-11-10-15-4-2-3-5-17(15)12-18/h6-13H,2-5H2,1H3,(H,24,25,26). The molecule has 4 heteroatoms. The van der Waals surface area contributed by atoms with Crippen LogP contribution in [0.2, 0.25) is 0 Å². The quantitative estimate of drug-likeness (QED) is 0.504. The molecule has 0 saturated heterocycles. The molecule has 0 fully saturated rings. The molecule has 1 aliphatic carbocycles. The molecule has 2 heterocycles. The normalized spacial score (nSPS) is 13.7. The third-order valence-electron chi connectivity index (χ3n) is 5.43. The van der Waals surface area contributed by atoms with Crippen LogP contribution in [0.5, 0.6) is 0 Å². The molecule has 0 aliphatic heterocycles. The van der Waals surface area contributed by atoms with Crippen LogP contribution in [0, 0.1) is 6.92 Å². The molecule has 0 spiro atoms. The van der Waals surface area contributed by atoms with Crippen molar-refractivity contribution in [1.29, 1.82) is 0 Å². The van der Waals surface area contributed by atoms with E-state index in [1.807, 2.05) is 31.2 Å². The highest BCUT2D eigenvalue weighted by molar-refractivity contribution is 7.17. The number of aryl methyl sites for hydroxylation is 3. The van der Waals surface area contributed by atoms with E-state index in [2.05, 4.69) is 28.6 Å². The van der Waals surface area contributed by atoms with E-state index in [-0.39, 0.29) is 5.56 Å². The lowest BCUT2D eigenvalue weighted by molar-refractivity contribution is 0.686. The van der Waals surface area contributed by atoms with E-state index < -0.39 is 0 Å². The zero-order chi connectivity index (χ0) is 18.4. The molecule has 1 aliphatic rings. The van der Waals surface area contributed by atoms with E-state index in [1.165, 1.54) is 36.0 Å². The van der Waals surface area contributed by atoms with Gasteiger partial charge in [0.1, 0.15) is 10.7 Å². The Morgan fingerprint density at radius 1 is 0.963 bits per heavy atom. The van der Waals surface area contributed by atoms with Crippen LogP contribution in [0.3, 0.4) is 0 Å². The first kappa shape index (κ1) is 16.5. The predicted molar refractivity (Wildman–Crippen MR) is 112 cm³/mol. The van der Waals surface area contributed by atoms with E-state index in [9.17, 15) is 4.79 Å². The number of aromatic amines is 1. The number of fused-ring (bicyclic) bond motifs is 2. The summed E-state index contributed by atoms with van der Waals surface area (Å²) in [5.74, 6) is 0.631. The van der Waals surface area contributed by atoms with Crippen molar-refractivity contribution in [3.05, 3.63) is 74.9 Å². The minimum Gasteiger partial charge on any atom is -0.306 e. The minimum atomic E-state index is -0.0652. The van der Waals surface area contributed by atoms with Crippen molar-refractivity contribution in [2.75, 3.05) is 0 Å². The Morgan fingerprint density at radius 2 is 1.70 bits per heavy atom. The molecule has 4 aromatic rings. The van der Waals surface area contributed by atoms with Gasteiger partial charge in [-0.2, -0.15) is 0 Å². The summed E-state index contributed by atoms with van der Waals surface area (Å²) in [6.07, 6.45) is 4.83. The zero-order valence-corrected chi connectivity index (χ0v) is 16.0. The fourth-order valence-corrected chi connectivity index (χ4v) is 4.86. The summed E-state index contributed by atoms with van der Waals surface area (Å²) in [6.45, 7) is 2.05. The molecule has 0 unspecified atom stereocenters. The fourth-order valence-electron chi connectivity index (χ4n) is 3.91. The average Bonchev–Trinajstić information content (AvgIpc) is 3.13. The lowest BCUT2D eigenvalue weighted by Crippen LogP contribution is -2.09. The first-order valence-electron chi connectivity index (χ1n) is 9.40. The van der Waals surface area contributed by atoms with Gasteiger partial charge in [0.05, 0.1) is 5.39 Å². The van der Waals surface area contributed by atoms with Crippen molar-refractivity contribution in [3.8, 4) is 22.5 Å². The molecule has 0 radical (unpaired) electrons. The van der Waals surface area contributed by atoms with Crippen LogP contribution in [0.25, 0.3) is 32.7 Å². The maximum atomic E-state index is 12.9. The molecule has 0 amide bonds. The molecular formula is C23H20N2OS. The second-order valence-corrected chi connectivity index (χ2v) is 8.16. The Balaban J connectivity index is 1.63. The van der Waals surface area contributed by atoms with E-state index in [4.69, 9.17) is 4.98 Å². The van der Waals surface area contributed by atoms with Gasteiger partial charge < -0.3 is 4.98 Å². The third kappa shape index (κ3) is 2.90.